The van der Waals surface area contributed by atoms with Crippen LogP contribution in [0.2, 0.25) is 0 Å². The number of nitrogens with one attached hydrogen (secondary N) is 1. The van der Waals surface area contributed by atoms with E-state index in [0.717, 1.165) is 48.2 Å². The van der Waals surface area contributed by atoms with Gasteiger partial charge in [0.25, 0.3) is 12.0 Å². The molecule has 7 heteroatoms. The number of aromatic amines is 1. The monoisotopic (exact) mass is 368 g/mol. The number of hydrogen-bond donors (Lipinski definition) is 2. The number of H-pyrrole nitrogens is 1. The highest BCUT2D eigenvalue weighted by atomic mass is 16.3. The smallest absolute Gasteiger partial charge is 0.290 e. The Morgan fingerprint density at radius 2 is 2.00 bits per heavy atom. The van der Waals surface area contributed by atoms with Crippen LogP contribution in [-0.2, 0) is 4.79 Å². The molecule has 7 nitrogen and oxygen atoms in total. The number of para-hydroxylation sites is 1. The Balaban J connectivity index is 0.000000659. The first-order chi connectivity index (χ1) is 13.0. The summed E-state index contributed by atoms with van der Waals surface area (Å²) in [5.74, 6) is 0.772. The lowest BCUT2D eigenvalue weighted by molar-refractivity contribution is -0.122. The second kappa shape index (κ2) is 8.18. The van der Waals surface area contributed by atoms with Gasteiger partial charge in [-0.3, -0.25) is 9.59 Å². The second-order valence-corrected chi connectivity index (χ2v) is 6.85. The topological polar surface area (TPSA) is 91.2 Å². The third-order valence-corrected chi connectivity index (χ3v) is 5.08. The number of aryl methyl sites for hydroxylation is 1. The summed E-state index contributed by atoms with van der Waals surface area (Å²) in [6.45, 7) is 3.92. The number of hydrogen-bond acceptors (Lipinski definition) is 4. The van der Waals surface area contributed by atoms with Crippen molar-refractivity contribution < 1.29 is 9.90 Å². The Kier molecular flexibility index (Phi) is 5.71. The number of fused-ring (bicyclic) bond motifs is 1. The van der Waals surface area contributed by atoms with E-state index in [9.17, 15) is 4.79 Å². The number of piperidine rings is 1. The van der Waals surface area contributed by atoms with Crippen LogP contribution < -0.4 is 5.56 Å². The van der Waals surface area contributed by atoms with Gasteiger partial charge in [0.1, 0.15) is 5.82 Å². The molecule has 27 heavy (non-hydrogen) atoms. The highest BCUT2D eigenvalue weighted by molar-refractivity contribution is 5.84. The van der Waals surface area contributed by atoms with Crippen molar-refractivity contribution in [2.75, 3.05) is 20.1 Å². The maximum absolute atomic E-state index is 12.7. The molecule has 2 aromatic heterocycles. The van der Waals surface area contributed by atoms with Gasteiger partial charge in [0.15, 0.2) is 0 Å². The van der Waals surface area contributed by atoms with Crippen molar-refractivity contribution in [2.45, 2.75) is 25.8 Å². The van der Waals surface area contributed by atoms with Gasteiger partial charge in [-0.05, 0) is 56.9 Å². The molecule has 1 aliphatic rings. The highest BCUT2D eigenvalue weighted by Crippen LogP contribution is 2.27. The standard InChI is InChI=1S/C19H22N4O.CH2O2/c1-13-4-3-5-14-12-16(19(24)21-17(13)14)18-20-8-11-23(18)15-6-9-22(2)10-7-15;2-1-3/h3-5,8,11-12,15H,6-7,9-10H2,1-2H3,(H,21,24);1H,(H,2,3). The lowest BCUT2D eigenvalue weighted by Crippen LogP contribution is -2.31. The van der Waals surface area contributed by atoms with Crippen LogP contribution in [0.4, 0.5) is 0 Å². The number of nitrogens with zero attached hydrogens (tertiary/aromatic N) is 3. The Bertz CT molecular complexity index is 984. The molecule has 3 aromatic rings. The first-order valence-corrected chi connectivity index (χ1v) is 8.97. The first-order valence-electron chi connectivity index (χ1n) is 8.97. The van der Waals surface area contributed by atoms with Crippen LogP contribution in [0, 0.1) is 6.92 Å². The van der Waals surface area contributed by atoms with E-state index in [2.05, 4.69) is 26.5 Å². The Labute approximate surface area is 157 Å². The maximum Gasteiger partial charge on any atom is 0.290 e. The molecule has 0 aliphatic carbocycles. The number of aromatic nitrogens is 3. The van der Waals surface area contributed by atoms with E-state index in [4.69, 9.17) is 9.90 Å². The van der Waals surface area contributed by atoms with E-state index in [-0.39, 0.29) is 12.0 Å². The van der Waals surface area contributed by atoms with Crippen LogP contribution in [0.3, 0.4) is 0 Å². The summed E-state index contributed by atoms with van der Waals surface area (Å²) in [5.41, 5.74) is 2.56. The molecular formula is C20H24N4O3. The molecule has 0 unspecified atom stereocenters. The van der Waals surface area contributed by atoms with E-state index in [1.165, 1.54) is 0 Å². The average Bonchev–Trinajstić information content (AvgIpc) is 3.13. The fourth-order valence-electron chi connectivity index (χ4n) is 3.64. The molecule has 142 valence electrons. The predicted octanol–water partition coefficient (Wildman–Crippen LogP) is 2.67. The van der Waals surface area contributed by atoms with Gasteiger partial charge in [-0.15, -0.1) is 0 Å². The number of carbonyl (C=O) groups is 1. The Morgan fingerprint density at radius 1 is 1.30 bits per heavy atom. The second-order valence-electron chi connectivity index (χ2n) is 6.85. The molecule has 1 saturated heterocycles. The zero-order valence-corrected chi connectivity index (χ0v) is 15.6. The average molecular weight is 368 g/mol. The summed E-state index contributed by atoms with van der Waals surface area (Å²) in [6, 6.07) is 8.44. The van der Waals surface area contributed by atoms with Gasteiger partial charge in [0.05, 0.1) is 11.1 Å². The fraction of sp³-hybridized carbons (Fsp3) is 0.350. The summed E-state index contributed by atoms with van der Waals surface area (Å²) in [4.78, 5) is 30.9. The van der Waals surface area contributed by atoms with Gasteiger partial charge < -0.3 is 19.6 Å². The van der Waals surface area contributed by atoms with Crippen molar-refractivity contribution in [3.63, 3.8) is 0 Å². The number of pyridine rings is 1. The van der Waals surface area contributed by atoms with Crippen molar-refractivity contribution in [2.24, 2.45) is 0 Å². The molecule has 0 atom stereocenters. The zero-order valence-electron chi connectivity index (χ0n) is 15.6. The van der Waals surface area contributed by atoms with E-state index >= 15 is 0 Å². The molecule has 2 N–H and O–H groups in total. The fourth-order valence-corrected chi connectivity index (χ4v) is 3.64. The molecule has 0 bridgehead atoms. The molecule has 0 saturated carbocycles. The summed E-state index contributed by atoms with van der Waals surface area (Å²) in [7, 11) is 2.15. The maximum atomic E-state index is 12.7. The van der Waals surface area contributed by atoms with E-state index < -0.39 is 0 Å². The van der Waals surface area contributed by atoms with Crippen molar-refractivity contribution in [3.05, 3.63) is 52.6 Å². The lowest BCUT2D eigenvalue weighted by Gasteiger charge is -2.30. The molecule has 3 heterocycles. The van der Waals surface area contributed by atoms with Crippen LogP contribution in [0.15, 0.2) is 41.5 Å². The van der Waals surface area contributed by atoms with Crippen molar-refractivity contribution in [3.8, 4) is 11.4 Å². The van der Waals surface area contributed by atoms with Crippen LogP contribution in [0.1, 0.15) is 24.4 Å². The quantitative estimate of drug-likeness (QED) is 0.679. The largest absolute Gasteiger partial charge is 0.483 e. The van der Waals surface area contributed by atoms with Crippen molar-refractivity contribution in [1.82, 2.24) is 19.4 Å². The molecule has 0 spiro atoms. The highest BCUT2D eigenvalue weighted by Gasteiger charge is 2.22. The minimum absolute atomic E-state index is 0.0721. The number of carboxylic acid groups (broad SMARTS) is 1. The lowest BCUT2D eigenvalue weighted by atomic mass is 10.0. The normalized spacial score (nSPS) is 15.3. The summed E-state index contributed by atoms with van der Waals surface area (Å²) in [6.07, 6.45) is 5.98. The van der Waals surface area contributed by atoms with E-state index in [1.807, 2.05) is 37.4 Å². The van der Waals surface area contributed by atoms with Crippen molar-refractivity contribution in [1.29, 1.82) is 0 Å². The van der Waals surface area contributed by atoms with Crippen LogP contribution >= 0.6 is 0 Å². The minimum atomic E-state index is -0.250. The molecule has 1 aliphatic heterocycles. The third-order valence-electron chi connectivity index (χ3n) is 5.08. The number of likely N-dealkylation sites (tertiary alicyclic amines) is 1. The molecule has 0 radical (unpaired) electrons. The van der Waals surface area contributed by atoms with Gasteiger partial charge >= 0.3 is 0 Å². The van der Waals surface area contributed by atoms with Gasteiger partial charge in [-0.25, -0.2) is 4.98 Å². The summed E-state index contributed by atoms with van der Waals surface area (Å²) >= 11 is 0. The molecular weight excluding hydrogens is 344 g/mol. The Morgan fingerprint density at radius 3 is 2.70 bits per heavy atom. The van der Waals surface area contributed by atoms with Gasteiger partial charge in [0.2, 0.25) is 0 Å². The molecule has 4 rings (SSSR count). The predicted molar refractivity (Wildman–Crippen MR) is 105 cm³/mol. The number of benzene rings is 1. The van der Waals surface area contributed by atoms with E-state index in [0.29, 0.717) is 11.6 Å². The summed E-state index contributed by atoms with van der Waals surface area (Å²) in [5, 5.41) is 7.93. The number of imidazole rings is 1. The molecule has 1 aromatic carbocycles. The third kappa shape index (κ3) is 3.93. The molecule has 1 fully saturated rings. The van der Waals surface area contributed by atoms with Crippen LogP contribution in [0.5, 0.6) is 0 Å². The minimum Gasteiger partial charge on any atom is -0.483 e. The Hall–Kier alpha value is -2.93. The SMILES string of the molecule is Cc1cccc2cc(-c3nccn3C3CCN(C)CC3)c(=O)[nH]c12.O=CO. The van der Waals surface area contributed by atoms with Gasteiger partial charge in [-0.2, -0.15) is 0 Å². The van der Waals surface area contributed by atoms with E-state index in [1.54, 1.807) is 6.20 Å². The number of rotatable bonds is 2. The van der Waals surface area contributed by atoms with Crippen LogP contribution in [-0.4, -0.2) is 51.2 Å². The van der Waals surface area contributed by atoms with Gasteiger partial charge in [0, 0.05) is 18.4 Å². The zero-order chi connectivity index (χ0) is 19.4. The molecule has 0 amide bonds. The van der Waals surface area contributed by atoms with Crippen molar-refractivity contribution >= 4 is 17.4 Å². The van der Waals surface area contributed by atoms with Gasteiger partial charge in [-0.1, -0.05) is 18.2 Å². The first kappa shape index (κ1) is 18.8. The summed E-state index contributed by atoms with van der Waals surface area (Å²) < 4.78 is 2.18. The van der Waals surface area contributed by atoms with Crippen LogP contribution in [0.25, 0.3) is 22.3 Å².